The summed E-state index contributed by atoms with van der Waals surface area (Å²) >= 11 is 0. The smallest absolute Gasteiger partial charge is 0 e. The van der Waals surface area contributed by atoms with Crippen LogP contribution in [0.1, 0.15) is 35.5 Å². The molecule has 0 aromatic carbocycles. The molecule has 0 aromatic rings. The van der Waals surface area contributed by atoms with E-state index in [1.807, 2.05) is 13.8 Å². The van der Waals surface area contributed by atoms with Gasteiger partial charge in [0.15, 0.2) is 0 Å². The van der Waals surface area contributed by atoms with Crippen molar-refractivity contribution in [1.82, 2.24) is 5.32 Å². The number of nitrogens with one attached hydrogen (secondary N) is 1. The Morgan fingerprint density at radius 3 is 2.20 bits per heavy atom. The van der Waals surface area contributed by atoms with Crippen molar-refractivity contribution in [2.75, 3.05) is 13.1 Å². The largest absolute Gasteiger partial charge is 0.316 e. The zero-order chi connectivity index (χ0) is 7.98. The van der Waals surface area contributed by atoms with Gasteiger partial charge in [0.25, 0.3) is 0 Å². The highest BCUT2D eigenvalue weighted by molar-refractivity contribution is 4.72. The van der Waals surface area contributed by atoms with E-state index in [2.05, 4.69) is 19.2 Å². The Morgan fingerprint density at radius 1 is 1.40 bits per heavy atom. The zero-order valence-electron chi connectivity index (χ0n) is 7.78. The summed E-state index contributed by atoms with van der Waals surface area (Å²) in [5.41, 5.74) is 0. The number of hydrogen-bond donors (Lipinski definition) is 1. The van der Waals surface area contributed by atoms with Crippen molar-refractivity contribution in [3.8, 4) is 0 Å². The molecule has 1 fully saturated rings. The molecule has 1 aliphatic rings. The lowest BCUT2D eigenvalue weighted by molar-refractivity contribution is 0.419. The van der Waals surface area contributed by atoms with Gasteiger partial charge in [0, 0.05) is 1.43 Å². The molecule has 0 radical (unpaired) electrons. The Balaban J connectivity index is 0. The second kappa shape index (κ2) is 5.72. The standard InChI is InChI=1S/C7H15N.C2H6.H2/c1-6(2)7-3-4-8-5-7;1-2;/h6-8H,3-5H2,1-2H3;1-2H3;1H. The van der Waals surface area contributed by atoms with Crippen molar-refractivity contribution in [2.45, 2.75) is 34.1 Å². The Labute approximate surface area is 66.7 Å². The van der Waals surface area contributed by atoms with Gasteiger partial charge < -0.3 is 5.32 Å². The molecule has 0 spiro atoms. The van der Waals surface area contributed by atoms with Gasteiger partial charge in [0.2, 0.25) is 0 Å². The third kappa shape index (κ3) is 3.21. The van der Waals surface area contributed by atoms with Crippen LogP contribution in [0.2, 0.25) is 0 Å². The molecule has 1 nitrogen and oxygen atoms in total. The lowest BCUT2D eigenvalue weighted by Gasteiger charge is -2.10. The average Bonchev–Trinajstić information content (AvgIpc) is 2.42. The predicted octanol–water partition coefficient (Wildman–Crippen LogP) is 2.52. The van der Waals surface area contributed by atoms with Gasteiger partial charge in [0.05, 0.1) is 0 Å². The highest BCUT2D eigenvalue weighted by atomic mass is 14.9. The van der Waals surface area contributed by atoms with E-state index in [0.29, 0.717) is 0 Å². The van der Waals surface area contributed by atoms with Crippen molar-refractivity contribution in [3.63, 3.8) is 0 Å². The topological polar surface area (TPSA) is 12.0 Å². The molecule has 1 aliphatic heterocycles. The summed E-state index contributed by atoms with van der Waals surface area (Å²) in [7, 11) is 0. The van der Waals surface area contributed by atoms with E-state index in [1.165, 1.54) is 19.5 Å². The molecule has 1 heterocycles. The van der Waals surface area contributed by atoms with Gasteiger partial charge in [-0.15, -0.1) is 0 Å². The van der Waals surface area contributed by atoms with Crippen LogP contribution < -0.4 is 5.32 Å². The fourth-order valence-corrected chi connectivity index (χ4v) is 1.25. The van der Waals surface area contributed by atoms with Crippen LogP contribution in [0.25, 0.3) is 0 Å². The van der Waals surface area contributed by atoms with Gasteiger partial charge in [-0.2, -0.15) is 0 Å². The first-order chi connectivity index (χ1) is 4.80. The lowest BCUT2D eigenvalue weighted by atomic mass is 9.96. The molecular formula is C9H23N. The predicted molar refractivity (Wildman–Crippen MR) is 49.3 cm³/mol. The first-order valence-electron chi connectivity index (χ1n) is 4.51. The first kappa shape index (κ1) is 9.96. The highest BCUT2D eigenvalue weighted by Gasteiger charge is 2.16. The summed E-state index contributed by atoms with van der Waals surface area (Å²) in [5.74, 6) is 1.83. The molecule has 64 valence electrons. The van der Waals surface area contributed by atoms with Crippen LogP contribution in [0.3, 0.4) is 0 Å². The molecule has 1 unspecified atom stereocenters. The van der Waals surface area contributed by atoms with Crippen LogP contribution in [-0.2, 0) is 0 Å². The normalized spacial score (nSPS) is 24.3. The van der Waals surface area contributed by atoms with Crippen molar-refractivity contribution in [3.05, 3.63) is 0 Å². The van der Waals surface area contributed by atoms with E-state index in [4.69, 9.17) is 0 Å². The third-order valence-electron chi connectivity index (χ3n) is 2.04. The van der Waals surface area contributed by atoms with Crippen LogP contribution in [0.5, 0.6) is 0 Å². The van der Waals surface area contributed by atoms with Crippen molar-refractivity contribution in [1.29, 1.82) is 0 Å². The zero-order valence-corrected chi connectivity index (χ0v) is 7.78. The Kier molecular flexibility index (Phi) is 5.70. The summed E-state index contributed by atoms with van der Waals surface area (Å²) in [6.45, 7) is 11.1. The van der Waals surface area contributed by atoms with Crippen LogP contribution in [0.15, 0.2) is 0 Å². The minimum Gasteiger partial charge on any atom is -0.316 e. The Hall–Kier alpha value is -0.0400. The average molecular weight is 145 g/mol. The van der Waals surface area contributed by atoms with Gasteiger partial charge in [0.1, 0.15) is 0 Å². The summed E-state index contributed by atoms with van der Waals surface area (Å²) in [6, 6.07) is 0. The molecule has 1 N–H and O–H groups in total. The first-order valence-corrected chi connectivity index (χ1v) is 4.51. The van der Waals surface area contributed by atoms with Crippen molar-refractivity contribution in [2.24, 2.45) is 11.8 Å². The molecule has 0 amide bonds. The molecule has 1 atom stereocenters. The molecule has 0 aliphatic carbocycles. The Morgan fingerprint density at radius 2 is 2.00 bits per heavy atom. The van der Waals surface area contributed by atoms with E-state index in [0.717, 1.165) is 11.8 Å². The second-order valence-corrected chi connectivity index (χ2v) is 3.00. The van der Waals surface area contributed by atoms with Gasteiger partial charge in [-0.1, -0.05) is 27.7 Å². The maximum Gasteiger partial charge on any atom is 0 e. The van der Waals surface area contributed by atoms with E-state index in [-0.39, 0.29) is 1.43 Å². The van der Waals surface area contributed by atoms with Crippen molar-refractivity contribution >= 4 is 0 Å². The summed E-state index contributed by atoms with van der Waals surface area (Å²) < 4.78 is 0. The molecular weight excluding hydrogens is 122 g/mol. The fourth-order valence-electron chi connectivity index (χ4n) is 1.25. The van der Waals surface area contributed by atoms with Gasteiger partial charge in [-0.05, 0) is 31.3 Å². The second-order valence-electron chi connectivity index (χ2n) is 3.00. The minimum absolute atomic E-state index is 0. The van der Waals surface area contributed by atoms with Crippen LogP contribution in [0, 0.1) is 11.8 Å². The van der Waals surface area contributed by atoms with Crippen LogP contribution >= 0.6 is 0 Å². The monoisotopic (exact) mass is 145 g/mol. The van der Waals surface area contributed by atoms with E-state index in [1.54, 1.807) is 0 Å². The molecule has 10 heavy (non-hydrogen) atoms. The summed E-state index contributed by atoms with van der Waals surface area (Å²) in [6.07, 6.45) is 1.39. The maximum atomic E-state index is 3.35. The fraction of sp³-hybridized carbons (Fsp3) is 1.00. The van der Waals surface area contributed by atoms with Crippen LogP contribution in [-0.4, -0.2) is 13.1 Å². The summed E-state index contributed by atoms with van der Waals surface area (Å²) in [5, 5.41) is 3.35. The quantitative estimate of drug-likeness (QED) is 0.598. The molecule has 0 aromatic heterocycles. The third-order valence-corrected chi connectivity index (χ3v) is 2.04. The molecule has 1 heteroatoms. The maximum absolute atomic E-state index is 3.35. The van der Waals surface area contributed by atoms with E-state index >= 15 is 0 Å². The number of rotatable bonds is 1. The van der Waals surface area contributed by atoms with Gasteiger partial charge in [-0.25, -0.2) is 0 Å². The van der Waals surface area contributed by atoms with Crippen LogP contribution in [0.4, 0.5) is 0 Å². The Bertz CT molecular complexity index is 68.0. The van der Waals surface area contributed by atoms with E-state index in [9.17, 15) is 0 Å². The molecule has 1 saturated heterocycles. The SMILES string of the molecule is CC.CC(C)C1CCNC1.[HH]. The minimum atomic E-state index is 0. The van der Waals surface area contributed by atoms with Gasteiger partial charge >= 0.3 is 0 Å². The number of hydrogen-bond acceptors (Lipinski definition) is 1. The lowest BCUT2D eigenvalue weighted by Crippen LogP contribution is -2.12. The molecule has 0 bridgehead atoms. The molecule has 1 rings (SSSR count). The molecule has 0 saturated carbocycles. The summed E-state index contributed by atoms with van der Waals surface area (Å²) in [4.78, 5) is 0. The van der Waals surface area contributed by atoms with E-state index < -0.39 is 0 Å². The van der Waals surface area contributed by atoms with Crippen molar-refractivity contribution < 1.29 is 1.43 Å². The van der Waals surface area contributed by atoms with Gasteiger partial charge in [-0.3, -0.25) is 0 Å². The highest BCUT2D eigenvalue weighted by Crippen LogP contribution is 2.16.